The van der Waals surface area contributed by atoms with Crippen molar-refractivity contribution in [2.75, 3.05) is 6.54 Å². The van der Waals surface area contributed by atoms with Crippen molar-refractivity contribution in [3.63, 3.8) is 0 Å². The van der Waals surface area contributed by atoms with Crippen molar-refractivity contribution in [3.8, 4) is 0 Å². The monoisotopic (exact) mass is 372 g/mol. The van der Waals surface area contributed by atoms with Crippen molar-refractivity contribution in [2.24, 2.45) is 0 Å². The number of nitrogens with one attached hydrogen (secondary N) is 1. The van der Waals surface area contributed by atoms with Gasteiger partial charge in [-0.1, -0.05) is 36.4 Å². The Bertz CT molecular complexity index is 879. The number of carbonyl (C=O) groups is 1. The molecule has 3 rings (SSSR count). The summed E-state index contributed by atoms with van der Waals surface area (Å²) in [6, 6.07) is 16.1. The molecule has 1 saturated heterocycles. The number of likely N-dealkylation sites (tertiary alicyclic amines) is 1. The van der Waals surface area contributed by atoms with Gasteiger partial charge in [0.1, 0.15) is 0 Å². The second kappa shape index (κ2) is 7.60. The number of amides is 1. The lowest BCUT2D eigenvalue weighted by Gasteiger charge is -2.25. The minimum absolute atomic E-state index is 0.0396. The molecule has 138 valence electrons. The first-order valence-electron chi connectivity index (χ1n) is 8.87. The third kappa shape index (κ3) is 3.97. The van der Waals surface area contributed by atoms with Gasteiger partial charge in [-0.15, -0.1) is 0 Å². The van der Waals surface area contributed by atoms with E-state index >= 15 is 0 Å². The van der Waals surface area contributed by atoms with Crippen LogP contribution < -0.4 is 4.72 Å². The van der Waals surface area contributed by atoms with E-state index < -0.39 is 10.0 Å². The van der Waals surface area contributed by atoms with Crippen LogP contribution in [0.5, 0.6) is 0 Å². The highest BCUT2D eigenvalue weighted by molar-refractivity contribution is 7.89. The van der Waals surface area contributed by atoms with Crippen LogP contribution in [-0.4, -0.2) is 31.8 Å². The summed E-state index contributed by atoms with van der Waals surface area (Å²) in [4.78, 5) is 15.0. The van der Waals surface area contributed by atoms with Crippen LogP contribution in [0.15, 0.2) is 59.5 Å². The maximum Gasteiger partial charge on any atom is 0.254 e. The highest BCUT2D eigenvalue weighted by Gasteiger charge is 2.31. The van der Waals surface area contributed by atoms with Crippen molar-refractivity contribution < 1.29 is 13.2 Å². The highest BCUT2D eigenvalue weighted by Crippen LogP contribution is 2.33. The molecular weight excluding hydrogens is 348 g/mol. The molecule has 0 saturated carbocycles. The van der Waals surface area contributed by atoms with E-state index in [-0.39, 0.29) is 22.9 Å². The first kappa shape index (κ1) is 18.6. The van der Waals surface area contributed by atoms with Gasteiger partial charge in [-0.05, 0) is 50.5 Å². The fourth-order valence-corrected chi connectivity index (χ4v) is 4.67. The molecule has 1 N–H and O–H groups in total. The number of carbonyl (C=O) groups excluding carboxylic acids is 1. The average molecular weight is 372 g/mol. The SMILES string of the molecule is CC(C)NS(=O)(=O)c1cccc(C(=O)N2CCC[C@H]2c2ccccc2)c1. The quantitative estimate of drug-likeness (QED) is 0.875. The molecule has 2 aromatic rings. The number of nitrogens with zero attached hydrogens (tertiary/aromatic N) is 1. The molecule has 0 spiro atoms. The summed E-state index contributed by atoms with van der Waals surface area (Å²) in [7, 11) is -3.63. The van der Waals surface area contributed by atoms with Crippen LogP contribution in [0.2, 0.25) is 0 Å². The lowest BCUT2D eigenvalue weighted by molar-refractivity contribution is 0.0735. The summed E-state index contributed by atoms with van der Waals surface area (Å²) >= 11 is 0. The van der Waals surface area contributed by atoms with Gasteiger partial charge in [-0.3, -0.25) is 4.79 Å². The van der Waals surface area contributed by atoms with E-state index in [2.05, 4.69) is 4.72 Å². The Labute approximate surface area is 155 Å². The molecule has 0 aliphatic carbocycles. The Balaban J connectivity index is 1.87. The third-order valence-corrected chi connectivity index (χ3v) is 6.14. The predicted octanol–water partition coefficient (Wildman–Crippen LogP) is 3.35. The van der Waals surface area contributed by atoms with Crippen LogP contribution in [0, 0.1) is 0 Å². The normalized spacial score (nSPS) is 17.7. The molecule has 1 fully saturated rings. The van der Waals surface area contributed by atoms with Crippen molar-refractivity contribution in [3.05, 3.63) is 65.7 Å². The number of hydrogen-bond acceptors (Lipinski definition) is 3. The molecule has 0 radical (unpaired) electrons. The minimum atomic E-state index is -3.63. The lowest BCUT2D eigenvalue weighted by Crippen LogP contribution is -2.32. The summed E-state index contributed by atoms with van der Waals surface area (Å²) in [6.45, 7) is 4.21. The fourth-order valence-electron chi connectivity index (χ4n) is 3.37. The summed E-state index contributed by atoms with van der Waals surface area (Å²) < 4.78 is 27.3. The van der Waals surface area contributed by atoms with Crippen LogP contribution in [0.4, 0.5) is 0 Å². The zero-order valence-electron chi connectivity index (χ0n) is 15.1. The summed E-state index contributed by atoms with van der Waals surface area (Å²) in [5, 5.41) is 0. The Kier molecular flexibility index (Phi) is 5.44. The Morgan fingerprint density at radius 2 is 1.85 bits per heavy atom. The standard InChI is InChI=1S/C20H24N2O3S/c1-15(2)21-26(24,25)18-11-6-10-17(14-18)20(23)22-13-7-12-19(22)16-8-4-3-5-9-16/h3-6,8-11,14-15,19,21H,7,12-13H2,1-2H3/t19-/m0/s1. The zero-order valence-corrected chi connectivity index (χ0v) is 15.9. The van der Waals surface area contributed by atoms with E-state index in [0.717, 1.165) is 18.4 Å². The first-order chi connectivity index (χ1) is 12.4. The Hall–Kier alpha value is -2.18. The van der Waals surface area contributed by atoms with E-state index in [0.29, 0.717) is 12.1 Å². The molecule has 1 amide bonds. The van der Waals surface area contributed by atoms with Crippen LogP contribution in [0.1, 0.15) is 48.7 Å². The van der Waals surface area contributed by atoms with Crippen molar-refractivity contribution in [2.45, 2.75) is 43.7 Å². The van der Waals surface area contributed by atoms with E-state index in [4.69, 9.17) is 0 Å². The molecule has 1 atom stereocenters. The second-order valence-electron chi connectivity index (χ2n) is 6.87. The van der Waals surface area contributed by atoms with Crippen LogP contribution >= 0.6 is 0 Å². The van der Waals surface area contributed by atoms with E-state index in [1.165, 1.54) is 12.1 Å². The molecule has 0 aromatic heterocycles. The van der Waals surface area contributed by atoms with Gasteiger partial charge in [0.25, 0.3) is 5.91 Å². The Morgan fingerprint density at radius 1 is 1.12 bits per heavy atom. The molecule has 26 heavy (non-hydrogen) atoms. The van der Waals surface area contributed by atoms with Gasteiger partial charge >= 0.3 is 0 Å². The van der Waals surface area contributed by atoms with E-state index in [1.54, 1.807) is 26.0 Å². The molecule has 1 heterocycles. The molecule has 0 bridgehead atoms. The minimum Gasteiger partial charge on any atom is -0.332 e. The van der Waals surface area contributed by atoms with Gasteiger partial charge in [-0.25, -0.2) is 13.1 Å². The average Bonchev–Trinajstić information content (AvgIpc) is 3.10. The second-order valence-corrected chi connectivity index (χ2v) is 8.59. The number of hydrogen-bond donors (Lipinski definition) is 1. The van der Waals surface area contributed by atoms with Gasteiger partial charge < -0.3 is 4.90 Å². The largest absolute Gasteiger partial charge is 0.332 e. The summed E-state index contributed by atoms with van der Waals surface area (Å²) in [6.07, 6.45) is 1.86. The van der Waals surface area contributed by atoms with Crippen molar-refractivity contribution >= 4 is 15.9 Å². The topological polar surface area (TPSA) is 66.5 Å². The van der Waals surface area contributed by atoms with E-state index in [9.17, 15) is 13.2 Å². The van der Waals surface area contributed by atoms with Crippen molar-refractivity contribution in [1.29, 1.82) is 0 Å². The number of sulfonamides is 1. The van der Waals surface area contributed by atoms with E-state index in [1.807, 2.05) is 35.2 Å². The first-order valence-corrected chi connectivity index (χ1v) is 10.3. The molecule has 6 heteroatoms. The highest BCUT2D eigenvalue weighted by atomic mass is 32.2. The molecule has 5 nitrogen and oxygen atoms in total. The molecule has 0 unspecified atom stereocenters. The van der Waals surface area contributed by atoms with Gasteiger partial charge in [0.05, 0.1) is 10.9 Å². The van der Waals surface area contributed by atoms with Crippen LogP contribution in [0.25, 0.3) is 0 Å². The maximum atomic E-state index is 13.0. The van der Waals surface area contributed by atoms with Gasteiger partial charge in [-0.2, -0.15) is 0 Å². The summed E-state index contributed by atoms with van der Waals surface area (Å²) in [5.41, 5.74) is 1.52. The summed E-state index contributed by atoms with van der Waals surface area (Å²) in [5.74, 6) is -0.127. The van der Waals surface area contributed by atoms with Crippen molar-refractivity contribution in [1.82, 2.24) is 9.62 Å². The Morgan fingerprint density at radius 3 is 2.54 bits per heavy atom. The van der Waals surface area contributed by atoms with Gasteiger partial charge in [0.2, 0.25) is 10.0 Å². The van der Waals surface area contributed by atoms with Gasteiger partial charge in [0, 0.05) is 18.2 Å². The van der Waals surface area contributed by atoms with Crippen LogP contribution in [0.3, 0.4) is 0 Å². The molecule has 1 aliphatic rings. The maximum absolute atomic E-state index is 13.0. The zero-order chi connectivity index (χ0) is 18.7. The molecule has 2 aromatic carbocycles. The lowest BCUT2D eigenvalue weighted by atomic mass is 10.0. The fraction of sp³-hybridized carbons (Fsp3) is 0.350. The third-order valence-electron chi connectivity index (χ3n) is 4.48. The number of benzene rings is 2. The van der Waals surface area contributed by atoms with Crippen LogP contribution in [-0.2, 0) is 10.0 Å². The molecular formula is C20H24N2O3S. The predicted molar refractivity (Wildman–Crippen MR) is 101 cm³/mol. The number of rotatable bonds is 5. The van der Waals surface area contributed by atoms with Gasteiger partial charge in [0.15, 0.2) is 0 Å². The molecule has 1 aliphatic heterocycles. The smallest absolute Gasteiger partial charge is 0.254 e.